The van der Waals surface area contributed by atoms with E-state index in [1.807, 2.05) is 19.9 Å². The molecule has 3 rings (SSSR count). The van der Waals surface area contributed by atoms with E-state index in [1.54, 1.807) is 25.3 Å². The van der Waals surface area contributed by atoms with E-state index in [0.29, 0.717) is 27.6 Å². The van der Waals surface area contributed by atoms with Crippen LogP contribution < -0.4 is 20.5 Å². The molecule has 1 aliphatic carbocycles. The van der Waals surface area contributed by atoms with Crippen LogP contribution in [0.15, 0.2) is 23.8 Å². The van der Waals surface area contributed by atoms with Gasteiger partial charge in [0.05, 0.1) is 18.8 Å². The van der Waals surface area contributed by atoms with Crippen LogP contribution in [0.3, 0.4) is 0 Å². The number of nitrogens with two attached hydrogens (primary N) is 1. The molecule has 1 heterocycles. The second-order valence-electron chi connectivity index (χ2n) is 7.48. The van der Waals surface area contributed by atoms with Crippen LogP contribution in [0.2, 0.25) is 0 Å². The van der Waals surface area contributed by atoms with Gasteiger partial charge < -0.3 is 20.5 Å². The van der Waals surface area contributed by atoms with Crippen LogP contribution in [0, 0.1) is 11.3 Å². The predicted molar refractivity (Wildman–Crippen MR) is 120 cm³/mol. The Morgan fingerprint density at radius 3 is 2.65 bits per heavy atom. The standard InChI is InChI=1S/C23H25N3O4S/c1-13(2)30-18-11-14(8-9-17(18)29-3)10-15(12-24)22(28)26-23-20(21(25)27)16-6-4-5-7-19(16)31-23/h8-11,13H,4-7H2,1-3H3,(H2,25,27)(H,26,28)/b15-10+. The number of fused-ring (bicyclic) bond motifs is 1. The zero-order chi connectivity index (χ0) is 22.5. The molecule has 2 aromatic rings. The lowest BCUT2D eigenvalue weighted by Gasteiger charge is -2.14. The van der Waals surface area contributed by atoms with Crippen LogP contribution in [-0.4, -0.2) is 25.0 Å². The van der Waals surface area contributed by atoms with Gasteiger partial charge in [-0.15, -0.1) is 11.3 Å². The number of primary amides is 1. The number of rotatable bonds is 7. The third-order valence-electron chi connectivity index (χ3n) is 4.87. The smallest absolute Gasteiger partial charge is 0.266 e. The molecule has 0 saturated carbocycles. The highest BCUT2D eigenvalue weighted by Crippen LogP contribution is 2.38. The molecule has 2 amide bonds. The minimum atomic E-state index is -0.592. The molecule has 0 atom stereocenters. The maximum Gasteiger partial charge on any atom is 0.266 e. The van der Waals surface area contributed by atoms with Gasteiger partial charge in [-0.3, -0.25) is 9.59 Å². The fourth-order valence-electron chi connectivity index (χ4n) is 3.53. The van der Waals surface area contributed by atoms with Gasteiger partial charge in [0.1, 0.15) is 16.6 Å². The van der Waals surface area contributed by atoms with Gasteiger partial charge in [-0.1, -0.05) is 6.07 Å². The van der Waals surface area contributed by atoms with Crippen LogP contribution in [0.5, 0.6) is 11.5 Å². The summed E-state index contributed by atoms with van der Waals surface area (Å²) in [5.41, 5.74) is 7.39. The molecule has 0 radical (unpaired) electrons. The number of nitrogens with zero attached hydrogens (tertiary/aromatic N) is 1. The summed E-state index contributed by atoms with van der Waals surface area (Å²) < 4.78 is 11.1. The van der Waals surface area contributed by atoms with Crippen molar-refractivity contribution < 1.29 is 19.1 Å². The van der Waals surface area contributed by atoms with E-state index in [9.17, 15) is 14.9 Å². The second kappa shape index (κ2) is 9.67. The predicted octanol–water partition coefficient (Wildman–Crippen LogP) is 4.07. The number of ether oxygens (including phenoxy) is 2. The Hall–Kier alpha value is -3.31. The fourth-order valence-corrected chi connectivity index (χ4v) is 4.82. The number of benzene rings is 1. The van der Waals surface area contributed by atoms with Gasteiger partial charge in [0.15, 0.2) is 11.5 Å². The minimum Gasteiger partial charge on any atom is -0.493 e. The number of hydrogen-bond acceptors (Lipinski definition) is 6. The van der Waals surface area contributed by atoms with Crippen LogP contribution >= 0.6 is 11.3 Å². The first kappa shape index (κ1) is 22.4. The van der Waals surface area contributed by atoms with Gasteiger partial charge in [0.2, 0.25) is 0 Å². The summed E-state index contributed by atoms with van der Waals surface area (Å²) in [5, 5.41) is 12.7. The van der Waals surface area contributed by atoms with Crippen molar-refractivity contribution in [3.63, 3.8) is 0 Å². The third kappa shape index (κ3) is 5.06. The number of nitrogens with one attached hydrogen (secondary N) is 1. The lowest BCUT2D eigenvalue weighted by atomic mass is 9.95. The van der Waals surface area contributed by atoms with Crippen molar-refractivity contribution in [3.05, 3.63) is 45.3 Å². The Labute approximate surface area is 185 Å². The lowest BCUT2D eigenvalue weighted by molar-refractivity contribution is -0.112. The van der Waals surface area contributed by atoms with Crippen molar-refractivity contribution in [2.75, 3.05) is 12.4 Å². The monoisotopic (exact) mass is 439 g/mol. The molecule has 7 nitrogen and oxygen atoms in total. The van der Waals surface area contributed by atoms with E-state index >= 15 is 0 Å². The number of thiophene rings is 1. The number of methoxy groups -OCH3 is 1. The molecule has 1 aromatic heterocycles. The van der Waals surface area contributed by atoms with E-state index in [4.69, 9.17) is 15.2 Å². The maximum atomic E-state index is 12.8. The van der Waals surface area contributed by atoms with Crippen molar-refractivity contribution >= 4 is 34.2 Å². The first-order valence-electron chi connectivity index (χ1n) is 10.1. The lowest BCUT2D eigenvalue weighted by Crippen LogP contribution is -2.19. The second-order valence-corrected chi connectivity index (χ2v) is 8.59. The Morgan fingerprint density at radius 2 is 2.00 bits per heavy atom. The van der Waals surface area contributed by atoms with Crippen molar-refractivity contribution in [2.45, 2.75) is 45.6 Å². The topological polar surface area (TPSA) is 114 Å². The van der Waals surface area contributed by atoms with E-state index in [-0.39, 0.29) is 11.7 Å². The number of hydrogen-bond donors (Lipinski definition) is 2. The van der Waals surface area contributed by atoms with Crippen LogP contribution in [0.25, 0.3) is 6.08 Å². The normalized spacial score (nSPS) is 13.3. The van der Waals surface area contributed by atoms with Crippen molar-refractivity contribution in [2.24, 2.45) is 5.73 Å². The Kier molecular flexibility index (Phi) is 6.98. The largest absolute Gasteiger partial charge is 0.493 e. The first-order valence-corrected chi connectivity index (χ1v) is 10.9. The summed E-state index contributed by atoms with van der Waals surface area (Å²) in [6, 6.07) is 7.09. The average molecular weight is 440 g/mol. The van der Waals surface area contributed by atoms with Crippen molar-refractivity contribution in [1.29, 1.82) is 5.26 Å². The number of aryl methyl sites for hydroxylation is 1. The van der Waals surface area contributed by atoms with E-state index < -0.39 is 11.8 Å². The highest BCUT2D eigenvalue weighted by molar-refractivity contribution is 7.17. The molecular formula is C23H25N3O4S. The molecule has 162 valence electrons. The quantitative estimate of drug-likeness (QED) is 0.499. The van der Waals surface area contributed by atoms with E-state index in [1.165, 1.54) is 17.4 Å². The average Bonchev–Trinajstić information content (AvgIpc) is 3.09. The number of carbonyl (C=O) groups is 2. The van der Waals surface area contributed by atoms with Gasteiger partial charge >= 0.3 is 0 Å². The molecule has 0 unspecified atom stereocenters. The molecule has 0 fully saturated rings. The molecule has 0 spiro atoms. The summed E-state index contributed by atoms with van der Waals surface area (Å²) in [6.45, 7) is 3.79. The minimum absolute atomic E-state index is 0.0658. The summed E-state index contributed by atoms with van der Waals surface area (Å²) >= 11 is 1.36. The molecule has 3 N–H and O–H groups in total. The van der Waals surface area contributed by atoms with Crippen LogP contribution in [-0.2, 0) is 17.6 Å². The van der Waals surface area contributed by atoms with Gasteiger partial charge in [0.25, 0.3) is 11.8 Å². The van der Waals surface area contributed by atoms with Gasteiger partial charge in [-0.2, -0.15) is 5.26 Å². The summed E-state index contributed by atoms with van der Waals surface area (Å²) in [7, 11) is 1.54. The van der Waals surface area contributed by atoms with Gasteiger partial charge in [0, 0.05) is 4.88 Å². The SMILES string of the molecule is COc1ccc(/C=C(\C#N)C(=O)Nc2sc3c(c2C(N)=O)CCCC3)cc1OC(C)C. The number of amides is 2. The van der Waals surface area contributed by atoms with Crippen LogP contribution in [0.1, 0.15) is 53.1 Å². The summed E-state index contributed by atoms with van der Waals surface area (Å²) in [4.78, 5) is 25.9. The molecule has 0 bridgehead atoms. The molecular weight excluding hydrogens is 414 g/mol. The molecule has 0 aliphatic heterocycles. The van der Waals surface area contributed by atoms with Gasteiger partial charge in [-0.05, 0) is 68.9 Å². The zero-order valence-corrected chi connectivity index (χ0v) is 18.6. The number of carbonyl (C=O) groups excluding carboxylic acids is 2. The van der Waals surface area contributed by atoms with Crippen LogP contribution in [0.4, 0.5) is 5.00 Å². The third-order valence-corrected chi connectivity index (χ3v) is 6.08. The van der Waals surface area contributed by atoms with Crippen molar-refractivity contribution in [1.82, 2.24) is 0 Å². The Bertz CT molecular complexity index is 1080. The highest BCUT2D eigenvalue weighted by atomic mass is 32.1. The summed E-state index contributed by atoms with van der Waals surface area (Å²) in [6.07, 6.45) is 5.07. The maximum absolute atomic E-state index is 12.8. The Balaban J connectivity index is 1.89. The molecule has 31 heavy (non-hydrogen) atoms. The van der Waals surface area contributed by atoms with E-state index in [0.717, 1.165) is 36.1 Å². The molecule has 0 saturated heterocycles. The number of anilines is 1. The van der Waals surface area contributed by atoms with Gasteiger partial charge in [-0.25, -0.2) is 0 Å². The molecule has 1 aliphatic rings. The fraction of sp³-hybridized carbons (Fsp3) is 0.348. The first-order chi connectivity index (χ1) is 14.8. The van der Waals surface area contributed by atoms with E-state index in [2.05, 4.69) is 5.32 Å². The summed E-state index contributed by atoms with van der Waals surface area (Å²) in [5.74, 6) is -0.0801. The molecule has 8 heteroatoms. The highest BCUT2D eigenvalue weighted by Gasteiger charge is 2.25. The Morgan fingerprint density at radius 1 is 1.26 bits per heavy atom. The molecule has 1 aromatic carbocycles. The van der Waals surface area contributed by atoms with Crippen molar-refractivity contribution in [3.8, 4) is 17.6 Å². The zero-order valence-electron chi connectivity index (χ0n) is 17.8. The number of nitriles is 1.